The van der Waals surface area contributed by atoms with Crippen molar-refractivity contribution in [2.45, 2.75) is 6.42 Å². The Morgan fingerprint density at radius 1 is 0.958 bits per heavy atom. The van der Waals surface area contributed by atoms with Crippen LogP contribution in [0.3, 0.4) is 0 Å². The molecule has 0 amide bonds. The Bertz CT molecular complexity index is 933. The fourth-order valence-electron chi connectivity index (χ4n) is 2.78. The van der Waals surface area contributed by atoms with E-state index in [0.717, 1.165) is 34.6 Å². The quantitative estimate of drug-likeness (QED) is 0.727. The van der Waals surface area contributed by atoms with Crippen molar-refractivity contribution in [3.05, 3.63) is 91.1 Å². The summed E-state index contributed by atoms with van der Waals surface area (Å²) in [6.45, 7) is 0. The molecule has 0 saturated heterocycles. The fraction of sp³-hybridized carbons (Fsp3) is 0.0500. The van der Waals surface area contributed by atoms with E-state index in [-0.39, 0.29) is 0 Å². The van der Waals surface area contributed by atoms with Crippen LogP contribution in [0.25, 0.3) is 22.6 Å². The average molecular weight is 312 g/mol. The number of aromatic nitrogens is 4. The molecule has 4 nitrogen and oxygen atoms in total. The number of nitrogens with zero attached hydrogens (tertiary/aromatic N) is 4. The van der Waals surface area contributed by atoms with Gasteiger partial charge in [-0.3, -0.25) is 9.55 Å². The van der Waals surface area contributed by atoms with Crippen LogP contribution in [0.1, 0.15) is 12.0 Å². The van der Waals surface area contributed by atoms with Gasteiger partial charge in [-0.05, 0) is 35.8 Å². The number of benzene rings is 1. The first kappa shape index (κ1) is 14.3. The molecule has 0 radical (unpaired) electrons. The Labute approximate surface area is 140 Å². The zero-order valence-corrected chi connectivity index (χ0v) is 13.1. The first-order valence-electron chi connectivity index (χ1n) is 7.87. The van der Waals surface area contributed by atoms with E-state index in [4.69, 9.17) is 0 Å². The number of hydrogen-bond donors (Lipinski definition) is 0. The van der Waals surface area contributed by atoms with Crippen LogP contribution in [0.15, 0.2) is 85.5 Å². The molecule has 116 valence electrons. The number of hydrogen-bond acceptors (Lipinski definition) is 3. The lowest BCUT2D eigenvalue weighted by Gasteiger charge is -2.11. The monoisotopic (exact) mass is 312 g/mol. The molecule has 4 rings (SSSR count). The number of para-hydroxylation sites is 1. The molecule has 0 spiro atoms. The van der Waals surface area contributed by atoms with Gasteiger partial charge in [0.2, 0.25) is 0 Å². The van der Waals surface area contributed by atoms with Gasteiger partial charge in [-0.2, -0.15) is 0 Å². The first-order chi connectivity index (χ1) is 11.9. The van der Waals surface area contributed by atoms with Crippen molar-refractivity contribution in [3.63, 3.8) is 0 Å². The summed E-state index contributed by atoms with van der Waals surface area (Å²) < 4.78 is 1.98. The summed E-state index contributed by atoms with van der Waals surface area (Å²) in [4.78, 5) is 4.30. The standard InChI is InChI=1S/C20H16N4/c1-2-5-9-16(8-4-1)18-12-13-21-14-19(18)20-23-22-15-24(20)17-10-6-3-7-11-17/h1,3-15H,2H2. The molecule has 24 heavy (non-hydrogen) atoms. The lowest BCUT2D eigenvalue weighted by Crippen LogP contribution is -1.99. The van der Waals surface area contributed by atoms with Crippen LogP contribution in [0.2, 0.25) is 0 Å². The highest BCUT2D eigenvalue weighted by molar-refractivity contribution is 5.84. The minimum Gasteiger partial charge on any atom is -0.282 e. The third-order valence-electron chi connectivity index (χ3n) is 3.94. The highest BCUT2D eigenvalue weighted by Crippen LogP contribution is 2.29. The Morgan fingerprint density at radius 3 is 2.79 bits per heavy atom. The van der Waals surface area contributed by atoms with Crippen LogP contribution in [-0.4, -0.2) is 19.7 Å². The van der Waals surface area contributed by atoms with Crippen LogP contribution < -0.4 is 0 Å². The van der Waals surface area contributed by atoms with Gasteiger partial charge in [0, 0.05) is 23.6 Å². The molecule has 3 aromatic rings. The molecule has 4 heteroatoms. The third kappa shape index (κ3) is 2.70. The Balaban J connectivity index is 1.87. The third-order valence-corrected chi connectivity index (χ3v) is 3.94. The summed E-state index contributed by atoms with van der Waals surface area (Å²) in [6, 6.07) is 12.1. The van der Waals surface area contributed by atoms with Crippen molar-refractivity contribution in [1.82, 2.24) is 19.7 Å². The van der Waals surface area contributed by atoms with E-state index in [9.17, 15) is 0 Å². The van der Waals surface area contributed by atoms with Gasteiger partial charge >= 0.3 is 0 Å². The van der Waals surface area contributed by atoms with Crippen LogP contribution in [-0.2, 0) is 0 Å². The molecular weight excluding hydrogens is 296 g/mol. The van der Waals surface area contributed by atoms with Crippen molar-refractivity contribution in [1.29, 1.82) is 0 Å². The topological polar surface area (TPSA) is 43.6 Å². The van der Waals surface area contributed by atoms with Crippen molar-refractivity contribution in [2.24, 2.45) is 0 Å². The second-order valence-electron chi connectivity index (χ2n) is 5.47. The molecule has 1 aliphatic rings. The lowest BCUT2D eigenvalue weighted by atomic mass is 10.0. The maximum Gasteiger partial charge on any atom is 0.170 e. The number of rotatable bonds is 3. The van der Waals surface area contributed by atoms with Gasteiger partial charge in [0.05, 0.1) is 0 Å². The van der Waals surface area contributed by atoms with Gasteiger partial charge in [-0.25, -0.2) is 0 Å². The summed E-state index contributed by atoms with van der Waals surface area (Å²) in [5, 5.41) is 8.46. The van der Waals surface area contributed by atoms with Gasteiger partial charge in [-0.15, -0.1) is 10.2 Å². The summed E-state index contributed by atoms with van der Waals surface area (Å²) in [5.74, 6) is 0.784. The molecule has 2 aromatic heterocycles. The van der Waals surface area contributed by atoms with Gasteiger partial charge in [0.25, 0.3) is 0 Å². The number of pyridine rings is 1. The molecule has 1 aliphatic carbocycles. The van der Waals surface area contributed by atoms with Crippen molar-refractivity contribution in [2.75, 3.05) is 0 Å². The molecule has 0 saturated carbocycles. The Hall–Kier alpha value is -3.27. The van der Waals surface area contributed by atoms with E-state index in [2.05, 4.69) is 45.6 Å². The van der Waals surface area contributed by atoms with Crippen molar-refractivity contribution in [3.8, 4) is 17.1 Å². The first-order valence-corrected chi connectivity index (χ1v) is 7.87. The second kappa shape index (κ2) is 6.46. The Morgan fingerprint density at radius 2 is 1.88 bits per heavy atom. The Kier molecular flexibility index (Phi) is 3.86. The molecule has 0 fully saturated rings. The largest absolute Gasteiger partial charge is 0.282 e. The average Bonchev–Trinajstić information content (AvgIpc) is 2.97. The van der Waals surface area contributed by atoms with Gasteiger partial charge in [0.15, 0.2) is 5.82 Å². The van der Waals surface area contributed by atoms with Crippen LogP contribution in [0, 0.1) is 0 Å². The van der Waals surface area contributed by atoms with E-state index in [0.29, 0.717) is 0 Å². The van der Waals surface area contributed by atoms with E-state index in [1.165, 1.54) is 0 Å². The maximum atomic E-state index is 4.35. The van der Waals surface area contributed by atoms with E-state index in [1.807, 2.05) is 53.4 Å². The SMILES string of the molecule is C1=CCC=CC(c2ccncc2-c2nncn2-c2ccccc2)=C1. The second-order valence-corrected chi connectivity index (χ2v) is 5.47. The molecular formula is C20H16N4. The normalized spacial score (nSPS) is 13.6. The zero-order chi connectivity index (χ0) is 16.2. The van der Waals surface area contributed by atoms with Gasteiger partial charge < -0.3 is 0 Å². The summed E-state index contributed by atoms with van der Waals surface area (Å²) in [6.07, 6.45) is 17.0. The predicted molar refractivity (Wildman–Crippen MR) is 95.5 cm³/mol. The molecule has 0 bridgehead atoms. The predicted octanol–water partition coefficient (Wildman–Crippen LogP) is 4.23. The van der Waals surface area contributed by atoms with Crippen LogP contribution >= 0.6 is 0 Å². The number of allylic oxidation sites excluding steroid dienone is 6. The van der Waals surface area contributed by atoms with Gasteiger partial charge in [-0.1, -0.05) is 48.6 Å². The maximum absolute atomic E-state index is 4.35. The zero-order valence-electron chi connectivity index (χ0n) is 13.1. The molecule has 2 heterocycles. The molecule has 0 unspecified atom stereocenters. The van der Waals surface area contributed by atoms with Crippen molar-refractivity contribution >= 4 is 5.57 Å². The minimum absolute atomic E-state index is 0.784. The molecule has 0 aliphatic heterocycles. The fourth-order valence-corrected chi connectivity index (χ4v) is 2.78. The molecule has 0 N–H and O–H groups in total. The van der Waals surface area contributed by atoms with Gasteiger partial charge in [0.1, 0.15) is 6.33 Å². The van der Waals surface area contributed by atoms with E-state index < -0.39 is 0 Å². The molecule has 1 aromatic carbocycles. The van der Waals surface area contributed by atoms with Crippen molar-refractivity contribution < 1.29 is 0 Å². The van der Waals surface area contributed by atoms with E-state index >= 15 is 0 Å². The van der Waals surface area contributed by atoms with E-state index in [1.54, 1.807) is 6.33 Å². The van der Waals surface area contributed by atoms with Crippen LogP contribution in [0.5, 0.6) is 0 Å². The highest BCUT2D eigenvalue weighted by atomic mass is 15.3. The highest BCUT2D eigenvalue weighted by Gasteiger charge is 2.15. The minimum atomic E-state index is 0.784. The molecule has 0 atom stereocenters. The summed E-state index contributed by atoms with van der Waals surface area (Å²) >= 11 is 0. The summed E-state index contributed by atoms with van der Waals surface area (Å²) in [7, 11) is 0. The summed E-state index contributed by atoms with van der Waals surface area (Å²) in [5.41, 5.74) is 4.23. The lowest BCUT2D eigenvalue weighted by molar-refractivity contribution is 1.06. The smallest absolute Gasteiger partial charge is 0.170 e. The van der Waals surface area contributed by atoms with Crippen LogP contribution in [0.4, 0.5) is 0 Å².